The lowest BCUT2D eigenvalue weighted by atomic mass is 10.1. The molecule has 2 rings (SSSR count). The minimum Gasteiger partial charge on any atom is -0.381 e. The Bertz CT molecular complexity index is 278. The van der Waals surface area contributed by atoms with Gasteiger partial charge in [0.05, 0.1) is 6.04 Å². The average molecular weight is 358 g/mol. The molecule has 1 aromatic rings. The lowest BCUT2D eigenvalue weighted by molar-refractivity contribution is 0.0619. The summed E-state index contributed by atoms with van der Waals surface area (Å²) in [7, 11) is 0. The van der Waals surface area contributed by atoms with E-state index in [4.69, 9.17) is 4.74 Å². The molecule has 0 atom stereocenters. The van der Waals surface area contributed by atoms with Crippen LogP contribution in [0.4, 0.5) is 0 Å². The van der Waals surface area contributed by atoms with Crippen LogP contribution in [0.1, 0.15) is 18.9 Å². The Morgan fingerprint density at radius 2 is 2.08 bits per heavy atom. The van der Waals surface area contributed by atoms with Crippen LogP contribution in [0.3, 0.4) is 0 Å². The maximum absolute atomic E-state index is 5.28. The van der Waals surface area contributed by atoms with Crippen LogP contribution in [0.2, 0.25) is 0 Å². The molecule has 13 heavy (non-hydrogen) atoms. The van der Waals surface area contributed by atoms with E-state index in [1.807, 2.05) is 0 Å². The molecule has 1 aliphatic heterocycles. The van der Waals surface area contributed by atoms with Gasteiger partial charge >= 0.3 is 0 Å². The van der Waals surface area contributed by atoms with Gasteiger partial charge in [0.1, 0.15) is 0 Å². The predicted molar refractivity (Wildman–Crippen MR) is 59.5 cm³/mol. The third-order valence-electron chi connectivity index (χ3n) is 2.07. The monoisotopic (exact) mass is 357 g/mol. The Kier molecular flexibility index (Phi) is 3.20. The lowest BCUT2D eigenvalue weighted by Crippen LogP contribution is -2.21. The fourth-order valence-corrected chi connectivity index (χ4v) is 1.93. The molecule has 0 saturated carbocycles. The highest BCUT2D eigenvalue weighted by atomic mass is 127. The van der Waals surface area contributed by atoms with Gasteiger partial charge in [0, 0.05) is 13.2 Å². The molecule has 0 aliphatic carbocycles. The van der Waals surface area contributed by atoms with Crippen molar-refractivity contribution in [2.24, 2.45) is 0 Å². The third-order valence-corrected chi connectivity index (χ3v) is 4.07. The van der Waals surface area contributed by atoms with Gasteiger partial charge < -0.3 is 4.74 Å². The molecule has 0 spiro atoms. The van der Waals surface area contributed by atoms with Crippen LogP contribution in [-0.2, 0) is 4.74 Å². The van der Waals surface area contributed by atoms with Crippen LogP contribution in [0.5, 0.6) is 0 Å². The van der Waals surface area contributed by atoms with Crippen molar-refractivity contribution in [3.05, 3.63) is 8.30 Å². The van der Waals surface area contributed by atoms with E-state index in [1.165, 1.54) is 0 Å². The number of halogens is 2. The summed E-state index contributed by atoms with van der Waals surface area (Å²) in [6.07, 6.45) is 2.02. The predicted octanol–water partition coefficient (Wildman–Crippen LogP) is 2.00. The van der Waals surface area contributed by atoms with E-state index < -0.39 is 0 Å². The Balaban J connectivity index is 2.14. The number of aromatic nitrogens is 3. The summed E-state index contributed by atoms with van der Waals surface area (Å²) in [5.74, 6) is 0. The maximum atomic E-state index is 5.28. The van der Waals surface area contributed by atoms with E-state index in [1.54, 1.807) is 4.80 Å². The van der Waals surface area contributed by atoms with Gasteiger partial charge in [-0.05, 0) is 51.4 Å². The fraction of sp³-hybridized carbons (Fsp3) is 0.714. The molecule has 1 aromatic heterocycles. The number of hydrogen-bond donors (Lipinski definition) is 0. The zero-order chi connectivity index (χ0) is 9.26. The van der Waals surface area contributed by atoms with Crippen molar-refractivity contribution in [3.63, 3.8) is 0 Å². The second kappa shape index (κ2) is 4.22. The van der Waals surface area contributed by atoms with Gasteiger partial charge in [-0.2, -0.15) is 4.80 Å². The van der Waals surface area contributed by atoms with Gasteiger partial charge in [-0.1, -0.05) is 0 Å². The largest absolute Gasteiger partial charge is 0.381 e. The highest BCUT2D eigenvalue weighted by molar-refractivity contribution is 14.1. The number of nitrogens with zero attached hydrogens (tertiary/aromatic N) is 3. The van der Waals surface area contributed by atoms with Gasteiger partial charge in [0.25, 0.3) is 0 Å². The van der Waals surface area contributed by atoms with E-state index in [2.05, 4.69) is 48.7 Å². The van der Waals surface area contributed by atoms with Crippen molar-refractivity contribution in [3.8, 4) is 0 Å². The molecule has 1 fully saturated rings. The molecule has 0 amide bonds. The third kappa shape index (κ3) is 2.21. The van der Waals surface area contributed by atoms with Gasteiger partial charge in [0.2, 0.25) is 0 Å². The van der Waals surface area contributed by atoms with E-state index in [9.17, 15) is 0 Å². The molecule has 0 radical (unpaired) electrons. The van der Waals surface area contributed by atoms with E-state index >= 15 is 0 Å². The van der Waals surface area contributed by atoms with Gasteiger partial charge in [0.15, 0.2) is 8.30 Å². The highest BCUT2D eigenvalue weighted by Gasteiger charge is 2.18. The smallest absolute Gasteiger partial charge is 0.161 e. The second-order valence-corrected chi connectivity index (χ2v) is 4.72. The van der Waals surface area contributed by atoms with Crippen LogP contribution in [0, 0.1) is 3.70 Å². The Morgan fingerprint density at radius 3 is 2.62 bits per heavy atom. The van der Waals surface area contributed by atoms with Gasteiger partial charge in [-0.15, -0.1) is 10.2 Å². The maximum Gasteiger partial charge on any atom is 0.161 e. The van der Waals surface area contributed by atoms with Gasteiger partial charge in [-0.25, -0.2) is 0 Å². The first-order chi connectivity index (χ1) is 6.27. The molecule has 4 nitrogen and oxygen atoms in total. The summed E-state index contributed by atoms with van der Waals surface area (Å²) in [6, 6.07) is 0.411. The van der Waals surface area contributed by atoms with E-state index in [0.29, 0.717) is 6.04 Å². The number of ether oxygens (including phenoxy) is 1. The summed E-state index contributed by atoms with van der Waals surface area (Å²) in [5.41, 5.74) is 0. The molecule has 1 aliphatic rings. The number of rotatable bonds is 1. The van der Waals surface area contributed by atoms with Crippen molar-refractivity contribution in [2.45, 2.75) is 18.9 Å². The summed E-state index contributed by atoms with van der Waals surface area (Å²) in [5, 5.41) is 8.62. The Hall–Kier alpha value is 0.310. The van der Waals surface area contributed by atoms with Crippen molar-refractivity contribution >= 4 is 38.5 Å². The van der Waals surface area contributed by atoms with Crippen LogP contribution >= 0.6 is 38.5 Å². The van der Waals surface area contributed by atoms with E-state index in [0.717, 1.165) is 34.4 Å². The first-order valence-corrected chi connectivity index (χ1v) is 6.00. The van der Waals surface area contributed by atoms with E-state index in [-0.39, 0.29) is 0 Å². The molecule has 0 N–H and O–H groups in total. The lowest BCUT2D eigenvalue weighted by Gasteiger charge is -2.20. The topological polar surface area (TPSA) is 39.9 Å². The van der Waals surface area contributed by atoms with Gasteiger partial charge in [-0.3, -0.25) is 0 Å². The molecule has 6 heteroatoms. The van der Waals surface area contributed by atoms with Crippen LogP contribution in [-0.4, -0.2) is 28.2 Å². The fourth-order valence-electron chi connectivity index (χ4n) is 1.36. The summed E-state index contributed by atoms with van der Waals surface area (Å²) < 4.78 is 7.03. The normalized spacial score (nSPS) is 19.2. The van der Waals surface area contributed by atoms with Crippen LogP contribution in [0.25, 0.3) is 0 Å². The summed E-state index contributed by atoms with van der Waals surface area (Å²) in [6.45, 7) is 1.64. The Labute approximate surface area is 98.3 Å². The Morgan fingerprint density at radius 1 is 1.38 bits per heavy atom. The zero-order valence-electron chi connectivity index (χ0n) is 6.91. The minimum atomic E-state index is 0.411. The molecule has 0 unspecified atom stereocenters. The van der Waals surface area contributed by atoms with Crippen molar-refractivity contribution in [2.75, 3.05) is 13.2 Å². The zero-order valence-corrected chi connectivity index (χ0v) is 10.7. The first kappa shape index (κ1) is 9.85. The minimum absolute atomic E-state index is 0.411. The molecule has 0 bridgehead atoms. The van der Waals surface area contributed by atoms with Crippen LogP contribution < -0.4 is 0 Å². The van der Waals surface area contributed by atoms with Crippen molar-refractivity contribution in [1.82, 2.24) is 15.0 Å². The molecule has 72 valence electrons. The molecule has 1 saturated heterocycles. The molecular formula is C7H9BrIN3O. The molecular weight excluding hydrogens is 349 g/mol. The highest BCUT2D eigenvalue weighted by Crippen LogP contribution is 2.21. The van der Waals surface area contributed by atoms with Crippen LogP contribution in [0.15, 0.2) is 4.60 Å². The average Bonchev–Trinajstić information content (AvgIpc) is 2.49. The first-order valence-electron chi connectivity index (χ1n) is 4.13. The second-order valence-electron chi connectivity index (χ2n) is 2.95. The summed E-state index contributed by atoms with van der Waals surface area (Å²) >= 11 is 5.52. The quantitative estimate of drug-likeness (QED) is 0.722. The van der Waals surface area contributed by atoms with Crippen molar-refractivity contribution in [1.29, 1.82) is 0 Å². The van der Waals surface area contributed by atoms with Crippen molar-refractivity contribution < 1.29 is 4.74 Å². The molecule has 0 aromatic carbocycles. The number of hydrogen-bond acceptors (Lipinski definition) is 3. The summed E-state index contributed by atoms with van der Waals surface area (Å²) in [4.78, 5) is 1.80. The standard InChI is InChI=1S/C7H9BrIN3O/c8-6-7(9)11-12(10-6)5-1-3-13-4-2-5/h5H,1-4H2. The molecule has 2 heterocycles. The SMILES string of the molecule is Brc1nn(C2CCOCC2)nc1I.